The third kappa shape index (κ3) is 12.7. The van der Waals surface area contributed by atoms with Gasteiger partial charge >= 0.3 is 0 Å². The zero-order chi connectivity index (χ0) is 40.0. The van der Waals surface area contributed by atoms with Gasteiger partial charge in [0.25, 0.3) is 0 Å². The Morgan fingerprint density at radius 2 is 0.579 bits per heavy atom. The molecule has 0 N–H and O–H groups in total. The van der Waals surface area contributed by atoms with Gasteiger partial charge in [0.2, 0.25) is 0 Å². The van der Waals surface area contributed by atoms with Gasteiger partial charge in [-0.25, -0.2) is 0 Å². The Hall–Kier alpha value is -5.70. The van der Waals surface area contributed by atoms with Gasteiger partial charge in [0.05, 0.1) is 0 Å². The average molecular weight is 749 g/mol. The van der Waals surface area contributed by atoms with Gasteiger partial charge in [-0.05, 0) is 128 Å². The molecule has 0 aliphatic rings. The zero-order valence-corrected chi connectivity index (χ0v) is 35.0. The highest BCUT2D eigenvalue weighted by atomic mass is 15.1. The molecule has 0 fully saturated rings. The van der Waals surface area contributed by atoms with Crippen molar-refractivity contribution in [3.05, 3.63) is 220 Å². The third-order valence-electron chi connectivity index (χ3n) is 11.0. The molecule has 0 heterocycles. The molecule has 7 rings (SSSR count). The molecular weight excluding hydrogens is 689 g/mol. The molecule has 0 bridgehead atoms. The number of hydrogen-bond donors (Lipinski definition) is 0. The quantitative estimate of drug-likeness (QED) is 0.109. The summed E-state index contributed by atoms with van der Waals surface area (Å²) in [5.74, 6) is 0. The van der Waals surface area contributed by atoms with Crippen molar-refractivity contribution >= 4 is 5.69 Å². The van der Waals surface area contributed by atoms with Crippen molar-refractivity contribution in [2.75, 3.05) is 25.5 Å². The van der Waals surface area contributed by atoms with Crippen LogP contribution in [0.1, 0.15) is 57.0 Å². The molecule has 0 amide bonds. The van der Waals surface area contributed by atoms with Gasteiger partial charge in [0, 0.05) is 25.8 Å². The molecule has 0 spiro atoms. The standard InChI is InChI=1S/C38H39N.C17H21N/c1-29-4-8-31(9-5-29)10-11-32-12-14-33(15-13-32)16-17-34-20-26-38(27-21-34)39(3)28-35-18-24-37(25-19-35)36-22-6-30(2)7-23-36;1-4-18(3)13-15-7-11-17(12-8-15)16-9-5-14(2)6-10-16/h4-9,12-15,18-27H,10-11,16-17,28H2,1-3H3;5-12H,4,13H2,1-3H3. The van der Waals surface area contributed by atoms with Gasteiger partial charge < -0.3 is 9.80 Å². The number of nitrogens with zero attached hydrogens (tertiary/aromatic N) is 2. The lowest BCUT2D eigenvalue weighted by Crippen LogP contribution is -2.16. The monoisotopic (exact) mass is 748 g/mol. The maximum absolute atomic E-state index is 2.32. The topological polar surface area (TPSA) is 6.48 Å². The fourth-order valence-electron chi connectivity index (χ4n) is 7.01. The van der Waals surface area contributed by atoms with E-state index in [9.17, 15) is 0 Å². The summed E-state index contributed by atoms with van der Waals surface area (Å²) in [6.45, 7) is 11.6. The highest BCUT2D eigenvalue weighted by molar-refractivity contribution is 5.65. The van der Waals surface area contributed by atoms with E-state index in [0.717, 1.165) is 45.3 Å². The van der Waals surface area contributed by atoms with E-state index in [2.05, 4.69) is 221 Å². The lowest BCUT2D eigenvalue weighted by Gasteiger charge is -2.20. The summed E-state index contributed by atoms with van der Waals surface area (Å²) in [5.41, 5.74) is 18.6. The molecule has 2 heteroatoms. The molecule has 2 nitrogen and oxygen atoms in total. The minimum Gasteiger partial charge on any atom is -0.370 e. The van der Waals surface area contributed by atoms with Crippen molar-refractivity contribution in [2.45, 2.75) is 66.5 Å². The predicted molar refractivity (Wildman–Crippen MR) is 246 cm³/mol. The molecule has 0 radical (unpaired) electrons. The van der Waals surface area contributed by atoms with Crippen LogP contribution in [0.2, 0.25) is 0 Å². The first kappa shape index (κ1) is 40.9. The van der Waals surface area contributed by atoms with Crippen LogP contribution in [0.5, 0.6) is 0 Å². The summed E-state index contributed by atoms with van der Waals surface area (Å²) in [5, 5.41) is 0. The fourth-order valence-corrected chi connectivity index (χ4v) is 7.01. The van der Waals surface area contributed by atoms with E-state index >= 15 is 0 Å². The summed E-state index contributed by atoms with van der Waals surface area (Å²) in [4.78, 5) is 4.63. The van der Waals surface area contributed by atoms with Crippen LogP contribution in [0.3, 0.4) is 0 Å². The molecule has 290 valence electrons. The second-order valence-corrected chi connectivity index (χ2v) is 15.8. The van der Waals surface area contributed by atoms with Gasteiger partial charge in [-0.15, -0.1) is 0 Å². The van der Waals surface area contributed by atoms with E-state index in [1.165, 1.54) is 78.0 Å². The number of anilines is 1. The van der Waals surface area contributed by atoms with Crippen molar-refractivity contribution in [2.24, 2.45) is 0 Å². The second kappa shape index (κ2) is 20.5. The first-order chi connectivity index (χ1) is 27.7. The van der Waals surface area contributed by atoms with Gasteiger partial charge in [0.1, 0.15) is 0 Å². The van der Waals surface area contributed by atoms with Crippen LogP contribution in [-0.4, -0.2) is 25.5 Å². The summed E-state index contributed by atoms with van der Waals surface area (Å²) in [6, 6.07) is 62.4. The summed E-state index contributed by atoms with van der Waals surface area (Å²) in [7, 11) is 4.32. The largest absolute Gasteiger partial charge is 0.370 e. The molecule has 0 saturated carbocycles. The lowest BCUT2D eigenvalue weighted by molar-refractivity contribution is 0.346. The Morgan fingerprint density at radius 3 is 0.930 bits per heavy atom. The Kier molecular flexibility index (Phi) is 14.7. The predicted octanol–water partition coefficient (Wildman–Crippen LogP) is 13.3. The fraction of sp³-hybridized carbons (Fsp3) is 0.236. The summed E-state index contributed by atoms with van der Waals surface area (Å²) >= 11 is 0. The molecule has 7 aromatic rings. The Bertz CT molecular complexity index is 2210. The van der Waals surface area contributed by atoms with Gasteiger partial charge in [-0.2, -0.15) is 0 Å². The average Bonchev–Trinajstić information content (AvgIpc) is 3.24. The van der Waals surface area contributed by atoms with Crippen LogP contribution >= 0.6 is 0 Å². The van der Waals surface area contributed by atoms with Crippen molar-refractivity contribution in [3.63, 3.8) is 0 Å². The minimum atomic E-state index is 0.893. The van der Waals surface area contributed by atoms with Crippen LogP contribution in [0.15, 0.2) is 170 Å². The highest BCUT2D eigenvalue weighted by Gasteiger charge is 2.06. The highest BCUT2D eigenvalue weighted by Crippen LogP contribution is 2.24. The smallest absolute Gasteiger partial charge is 0.0426 e. The third-order valence-corrected chi connectivity index (χ3v) is 11.0. The van der Waals surface area contributed by atoms with Crippen molar-refractivity contribution < 1.29 is 0 Å². The molecule has 0 saturated heterocycles. The number of benzene rings is 7. The second-order valence-electron chi connectivity index (χ2n) is 15.8. The SMILES string of the molecule is CCN(C)Cc1ccc(-c2ccc(C)cc2)cc1.Cc1ccc(CCc2ccc(CCc3ccc(N(C)Cc4ccc(-c5ccc(C)cc5)cc4)cc3)cc2)cc1. The molecule has 0 atom stereocenters. The number of rotatable bonds is 14. The minimum absolute atomic E-state index is 0.893. The van der Waals surface area contributed by atoms with Crippen LogP contribution < -0.4 is 4.90 Å². The van der Waals surface area contributed by atoms with E-state index in [4.69, 9.17) is 0 Å². The van der Waals surface area contributed by atoms with E-state index in [1.54, 1.807) is 0 Å². The van der Waals surface area contributed by atoms with Crippen LogP contribution in [-0.2, 0) is 38.8 Å². The first-order valence-electron chi connectivity index (χ1n) is 20.6. The molecule has 0 aromatic heterocycles. The maximum atomic E-state index is 2.32. The maximum Gasteiger partial charge on any atom is 0.0426 e. The Balaban J connectivity index is 0.000000255. The number of aryl methyl sites for hydroxylation is 7. The lowest BCUT2D eigenvalue weighted by atomic mass is 10.00. The van der Waals surface area contributed by atoms with E-state index in [0.29, 0.717) is 0 Å². The first-order valence-corrected chi connectivity index (χ1v) is 20.6. The molecule has 57 heavy (non-hydrogen) atoms. The van der Waals surface area contributed by atoms with Crippen molar-refractivity contribution in [1.82, 2.24) is 4.90 Å². The number of hydrogen-bond acceptors (Lipinski definition) is 2. The van der Waals surface area contributed by atoms with Crippen molar-refractivity contribution in [3.8, 4) is 22.3 Å². The Morgan fingerprint density at radius 1 is 0.316 bits per heavy atom. The van der Waals surface area contributed by atoms with Gasteiger partial charge in [0.15, 0.2) is 0 Å². The molecule has 0 aliphatic carbocycles. The molecule has 0 unspecified atom stereocenters. The summed E-state index contributed by atoms with van der Waals surface area (Å²) < 4.78 is 0. The Labute approximate surface area is 343 Å². The van der Waals surface area contributed by atoms with Gasteiger partial charge in [-0.3, -0.25) is 0 Å². The van der Waals surface area contributed by atoms with Crippen LogP contribution in [0.4, 0.5) is 5.69 Å². The van der Waals surface area contributed by atoms with E-state index in [1.807, 2.05) is 0 Å². The van der Waals surface area contributed by atoms with Crippen molar-refractivity contribution in [1.29, 1.82) is 0 Å². The van der Waals surface area contributed by atoms with E-state index < -0.39 is 0 Å². The molecule has 7 aromatic carbocycles. The summed E-state index contributed by atoms with van der Waals surface area (Å²) in [6.07, 6.45) is 4.32. The molecule has 0 aliphatic heterocycles. The van der Waals surface area contributed by atoms with Crippen LogP contribution in [0, 0.1) is 20.8 Å². The zero-order valence-electron chi connectivity index (χ0n) is 35.0. The van der Waals surface area contributed by atoms with Gasteiger partial charge in [-0.1, -0.05) is 181 Å². The molecular formula is C55H60N2. The van der Waals surface area contributed by atoms with E-state index in [-0.39, 0.29) is 0 Å². The normalized spacial score (nSPS) is 10.9. The van der Waals surface area contributed by atoms with Crippen LogP contribution in [0.25, 0.3) is 22.3 Å².